The summed E-state index contributed by atoms with van der Waals surface area (Å²) in [6.07, 6.45) is 1.88. The topological polar surface area (TPSA) is 54.5 Å². The molecule has 0 aliphatic heterocycles. The van der Waals surface area contributed by atoms with Gasteiger partial charge in [0.25, 0.3) is 5.91 Å². The van der Waals surface area contributed by atoms with Gasteiger partial charge >= 0.3 is 0 Å². The highest BCUT2D eigenvalue weighted by atomic mass is 16.5. The summed E-state index contributed by atoms with van der Waals surface area (Å²) in [6.45, 7) is 7.27. The highest BCUT2D eigenvalue weighted by molar-refractivity contribution is 5.95. The first-order valence-electron chi connectivity index (χ1n) is 7.53. The maximum atomic E-state index is 12.8. The molecule has 1 heterocycles. The Kier molecular flexibility index (Phi) is 7.15. The van der Waals surface area contributed by atoms with Crippen LogP contribution in [-0.2, 0) is 4.74 Å². The number of pyridine rings is 1. The third-order valence-electron chi connectivity index (χ3n) is 3.64. The van der Waals surface area contributed by atoms with Crippen LogP contribution in [0.2, 0.25) is 0 Å². The van der Waals surface area contributed by atoms with Gasteiger partial charge in [-0.3, -0.25) is 4.79 Å². The maximum absolute atomic E-state index is 12.8. The lowest BCUT2D eigenvalue weighted by Crippen LogP contribution is -2.41. The van der Waals surface area contributed by atoms with E-state index >= 15 is 0 Å². The van der Waals surface area contributed by atoms with Gasteiger partial charge in [-0.1, -0.05) is 13.8 Å². The Morgan fingerprint density at radius 2 is 2.05 bits per heavy atom. The van der Waals surface area contributed by atoms with Gasteiger partial charge in [-0.05, 0) is 31.9 Å². The van der Waals surface area contributed by atoms with Crippen LogP contribution >= 0.6 is 0 Å². The normalized spacial score (nSPS) is 10.8. The first-order valence-corrected chi connectivity index (χ1v) is 7.53. The molecule has 0 radical (unpaired) electrons. The van der Waals surface area contributed by atoms with Crippen molar-refractivity contribution in [3.8, 4) is 0 Å². The molecule has 0 spiro atoms. The van der Waals surface area contributed by atoms with E-state index < -0.39 is 0 Å². The molecule has 0 saturated carbocycles. The lowest BCUT2D eigenvalue weighted by Gasteiger charge is -2.30. The standard InChI is InChI=1S/C16H27N3O2/c1-6-14(7-2)19(8-9-21-5)16(20)13-10-12(3)18-15(11-13)17-4/h10-11,14H,6-9H2,1-5H3,(H,17,18). The molecule has 0 bridgehead atoms. The van der Waals surface area contributed by atoms with Crippen molar-refractivity contribution in [1.82, 2.24) is 9.88 Å². The number of amides is 1. The maximum Gasteiger partial charge on any atom is 0.254 e. The van der Waals surface area contributed by atoms with E-state index in [1.54, 1.807) is 20.2 Å². The third-order valence-corrected chi connectivity index (χ3v) is 3.64. The second-order valence-corrected chi connectivity index (χ2v) is 5.09. The van der Waals surface area contributed by atoms with E-state index in [0.717, 1.165) is 24.4 Å². The SMILES string of the molecule is CCC(CC)N(CCOC)C(=O)c1cc(C)nc(NC)c1. The van der Waals surface area contributed by atoms with Crippen LogP contribution in [0.1, 0.15) is 42.7 Å². The fourth-order valence-electron chi connectivity index (χ4n) is 2.45. The van der Waals surface area contributed by atoms with Crippen LogP contribution in [0.15, 0.2) is 12.1 Å². The van der Waals surface area contributed by atoms with Gasteiger partial charge in [-0.2, -0.15) is 0 Å². The Morgan fingerprint density at radius 1 is 1.38 bits per heavy atom. The first-order chi connectivity index (χ1) is 10.1. The number of hydrogen-bond acceptors (Lipinski definition) is 4. The monoisotopic (exact) mass is 293 g/mol. The Morgan fingerprint density at radius 3 is 2.57 bits per heavy atom. The van der Waals surface area contributed by atoms with Gasteiger partial charge in [0.05, 0.1) is 6.61 Å². The second kappa shape index (κ2) is 8.62. The zero-order valence-electron chi connectivity index (χ0n) is 13.8. The zero-order valence-corrected chi connectivity index (χ0v) is 13.8. The van der Waals surface area contributed by atoms with Crippen molar-refractivity contribution in [1.29, 1.82) is 0 Å². The Balaban J connectivity index is 3.06. The number of aromatic nitrogens is 1. The van der Waals surface area contributed by atoms with E-state index in [1.165, 1.54) is 0 Å². The van der Waals surface area contributed by atoms with Gasteiger partial charge in [-0.25, -0.2) is 4.98 Å². The number of carbonyl (C=O) groups excluding carboxylic acids is 1. The van der Waals surface area contributed by atoms with E-state index in [2.05, 4.69) is 24.1 Å². The number of carbonyl (C=O) groups is 1. The number of ether oxygens (including phenoxy) is 1. The van der Waals surface area contributed by atoms with E-state index in [0.29, 0.717) is 18.7 Å². The van der Waals surface area contributed by atoms with Gasteiger partial charge in [0.15, 0.2) is 0 Å². The lowest BCUT2D eigenvalue weighted by molar-refractivity contribution is 0.0589. The predicted molar refractivity (Wildman–Crippen MR) is 85.8 cm³/mol. The van der Waals surface area contributed by atoms with Crippen molar-refractivity contribution in [3.63, 3.8) is 0 Å². The van der Waals surface area contributed by atoms with E-state index in [9.17, 15) is 4.79 Å². The molecular weight excluding hydrogens is 266 g/mol. The van der Waals surface area contributed by atoms with Crippen molar-refractivity contribution < 1.29 is 9.53 Å². The van der Waals surface area contributed by atoms with Crippen molar-refractivity contribution >= 4 is 11.7 Å². The summed E-state index contributed by atoms with van der Waals surface area (Å²) in [5, 5.41) is 3.00. The first kappa shape index (κ1) is 17.4. The minimum atomic E-state index is 0.0442. The quantitative estimate of drug-likeness (QED) is 0.800. The molecule has 0 saturated heterocycles. The summed E-state index contributed by atoms with van der Waals surface area (Å²) < 4.78 is 5.15. The fraction of sp³-hybridized carbons (Fsp3) is 0.625. The summed E-state index contributed by atoms with van der Waals surface area (Å²) >= 11 is 0. The number of aryl methyl sites for hydroxylation is 1. The lowest BCUT2D eigenvalue weighted by atomic mass is 10.1. The van der Waals surface area contributed by atoms with Crippen LogP contribution in [0.3, 0.4) is 0 Å². The number of hydrogen-bond donors (Lipinski definition) is 1. The molecule has 0 aliphatic rings. The summed E-state index contributed by atoms with van der Waals surface area (Å²) in [6, 6.07) is 3.88. The van der Waals surface area contributed by atoms with E-state index in [4.69, 9.17) is 4.74 Å². The highest BCUT2D eigenvalue weighted by Gasteiger charge is 2.22. The largest absolute Gasteiger partial charge is 0.383 e. The van der Waals surface area contributed by atoms with Crippen LogP contribution in [0.25, 0.3) is 0 Å². The molecule has 5 heteroatoms. The molecule has 0 fully saturated rings. The van der Waals surface area contributed by atoms with Gasteiger partial charge in [0, 0.05) is 38.0 Å². The number of methoxy groups -OCH3 is 1. The average molecular weight is 293 g/mol. The van der Waals surface area contributed by atoms with Crippen LogP contribution in [0.5, 0.6) is 0 Å². The number of nitrogens with one attached hydrogen (secondary N) is 1. The minimum absolute atomic E-state index is 0.0442. The van der Waals surface area contributed by atoms with Gasteiger partial charge in [0.2, 0.25) is 0 Å². The average Bonchev–Trinajstić information content (AvgIpc) is 2.50. The molecule has 0 aliphatic carbocycles. The molecule has 1 amide bonds. The molecular formula is C16H27N3O2. The van der Waals surface area contributed by atoms with Crippen LogP contribution in [0, 0.1) is 6.92 Å². The number of rotatable bonds is 8. The van der Waals surface area contributed by atoms with Crippen LogP contribution in [-0.4, -0.2) is 49.1 Å². The molecule has 0 unspecified atom stereocenters. The van der Waals surface area contributed by atoms with Crippen molar-refractivity contribution in [2.45, 2.75) is 39.7 Å². The predicted octanol–water partition coefficient (Wildman–Crippen LogP) is 2.71. The Labute approximate surface area is 127 Å². The Bertz CT molecular complexity index is 459. The summed E-state index contributed by atoms with van der Waals surface area (Å²) in [5.41, 5.74) is 1.51. The van der Waals surface area contributed by atoms with Crippen LogP contribution in [0.4, 0.5) is 5.82 Å². The van der Waals surface area contributed by atoms with Gasteiger partial charge < -0.3 is 15.0 Å². The number of anilines is 1. The minimum Gasteiger partial charge on any atom is -0.383 e. The summed E-state index contributed by atoms with van der Waals surface area (Å²) in [7, 11) is 3.46. The third kappa shape index (κ3) is 4.70. The molecule has 1 rings (SSSR count). The van der Waals surface area contributed by atoms with E-state index in [-0.39, 0.29) is 11.9 Å². The summed E-state index contributed by atoms with van der Waals surface area (Å²) in [4.78, 5) is 19.1. The molecule has 5 nitrogen and oxygen atoms in total. The zero-order chi connectivity index (χ0) is 15.8. The second-order valence-electron chi connectivity index (χ2n) is 5.09. The van der Waals surface area contributed by atoms with Gasteiger partial charge in [0.1, 0.15) is 5.82 Å². The van der Waals surface area contributed by atoms with E-state index in [1.807, 2.05) is 17.9 Å². The molecule has 0 aromatic carbocycles. The van der Waals surface area contributed by atoms with Crippen molar-refractivity contribution in [3.05, 3.63) is 23.4 Å². The van der Waals surface area contributed by atoms with Crippen molar-refractivity contribution in [2.75, 3.05) is 32.6 Å². The molecule has 1 N–H and O–H groups in total. The molecule has 1 aromatic heterocycles. The number of nitrogens with zero attached hydrogens (tertiary/aromatic N) is 2. The van der Waals surface area contributed by atoms with Gasteiger partial charge in [-0.15, -0.1) is 0 Å². The highest BCUT2D eigenvalue weighted by Crippen LogP contribution is 2.16. The molecule has 1 aromatic rings. The smallest absolute Gasteiger partial charge is 0.254 e. The Hall–Kier alpha value is -1.62. The summed E-state index contributed by atoms with van der Waals surface area (Å²) in [5.74, 6) is 0.761. The molecule has 0 atom stereocenters. The van der Waals surface area contributed by atoms with Crippen molar-refractivity contribution in [2.24, 2.45) is 0 Å². The molecule has 118 valence electrons. The molecule has 21 heavy (non-hydrogen) atoms. The fourth-order valence-corrected chi connectivity index (χ4v) is 2.45. The van der Waals surface area contributed by atoms with Crippen LogP contribution < -0.4 is 5.32 Å².